The van der Waals surface area contributed by atoms with Gasteiger partial charge in [-0.1, -0.05) is 17.3 Å². The minimum absolute atomic E-state index is 0.168. The van der Waals surface area contributed by atoms with Crippen molar-refractivity contribution in [1.29, 1.82) is 5.26 Å². The maximum Gasteiger partial charge on any atom is 0.306 e. The summed E-state index contributed by atoms with van der Waals surface area (Å²) in [6.07, 6.45) is 3.02. The quantitative estimate of drug-likeness (QED) is 0.792. The average molecular weight is 327 g/mol. The van der Waals surface area contributed by atoms with Gasteiger partial charge >= 0.3 is 5.97 Å². The molecule has 2 heterocycles. The number of carbonyl (C=O) groups excluding carboxylic acids is 1. The van der Waals surface area contributed by atoms with Crippen LogP contribution in [-0.2, 0) is 14.4 Å². The molecule has 2 aliphatic rings. The lowest BCUT2D eigenvalue weighted by Gasteiger charge is -2.37. The lowest BCUT2D eigenvalue weighted by Crippen LogP contribution is -2.45. The molecule has 1 aromatic carbocycles. The van der Waals surface area contributed by atoms with Crippen molar-refractivity contribution in [2.45, 2.75) is 31.3 Å². The van der Waals surface area contributed by atoms with Gasteiger partial charge in [-0.2, -0.15) is 5.26 Å². The Labute approximate surface area is 141 Å². The highest BCUT2D eigenvalue weighted by Crippen LogP contribution is 2.36. The second-order valence-corrected chi connectivity index (χ2v) is 6.35. The Balaban J connectivity index is 1.53. The Morgan fingerprint density at radius 2 is 2.08 bits per heavy atom. The van der Waals surface area contributed by atoms with E-state index in [0.717, 1.165) is 50.2 Å². The molecular formula is C18H21N3O3. The molecule has 0 N–H and O–H groups in total. The molecule has 6 nitrogen and oxygen atoms in total. The molecule has 0 radical (unpaired) electrons. The smallest absolute Gasteiger partial charge is 0.306 e. The molecule has 0 saturated carbocycles. The van der Waals surface area contributed by atoms with Crippen molar-refractivity contribution in [3.05, 3.63) is 35.4 Å². The Morgan fingerprint density at radius 3 is 2.71 bits per heavy atom. The molecule has 0 atom stereocenters. The summed E-state index contributed by atoms with van der Waals surface area (Å²) >= 11 is 0. The van der Waals surface area contributed by atoms with Crippen molar-refractivity contribution in [1.82, 2.24) is 4.90 Å². The monoisotopic (exact) mass is 327 g/mol. The van der Waals surface area contributed by atoms with E-state index < -0.39 is 0 Å². The normalized spacial score (nSPS) is 19.4. The maximum absolute atomic E-state index is 11.2. The summed E-state index contributed by atoms with van der Waals surface area (Å²) in [5.74, 6) is -0.168. The van der Waals surface area contributed by atoms with E-state index in [-0.39, 0.29) is 11.6 Å². The zero-order valence-corrected chi connectivity index (χ0v) is 13.8. The minimum Gasteiger partial charge on any atom is -0.469 e. The first-order valence-electron chi connectivity index (χ1n) is 8.19. The SMILES string of the molecule is COC(=O)CCN1CCC2(CC1)CC(c1ccc(C#N)cc1)=NO2. The van der Waals surface area contributed by atoms with Gasteiger partial charge in [0.25, 0.3) is 0 Å². The molecule has 0 bridgehead atoms. The molecule has 0 unspecified atom stereocenters. The van der Waals surface area contributed by atoms with Crippen molar-refractivity contribution in [2.75, 3.05) is 26.7 Å². The fourth-order valence-corrected chi connectivity index (χ4v) is 3.22. The Morgan fingerprint density at radius 1 is 1.38 bits per heavy atom. The highest BCUT2D eigenvalue weighted by molar-refractivity contribution is 6.01. The number of nitriles is 1. The number of oxime groups is 1. The number of rotatable bonds is 4. The number of carbonyl (C=O) groups is 1. The molecule has 126 valence electrons. The maximum atomic E-state index is 11.2. The number of nitrogens with zero attached hydrogens (tertiary/aromatic N) is 3. The van der Waals surface area contributed by atoms with Gasteiger partial charge in [-0.15, -0.1) is 0 Å². The number of ether oxygens (including phenoxy) is 1. The van der Waals surface area contributed by atoms with Crippen LogP contribution in [-0.4, -0.2) is 48.9 Å². The molecule has 2 aliphatic heterocycles. The first kappa shape index (κ1) is 16.5. The molecule has 3 rings (SSSR count). The summed E-state index contributed by atoms with van der Waals surface area (Å²) in [5.41, 5.74) is 2.39. The topological polar surface area (TPSA) is 74.9 Å². The van der Waals surface area contributed by atoms with Gasteiger partial charge in [0, 0.05) is 38.9 Å². The van der Waals surface area contributed by atoms with Gasteiger partial charge in [0.2, 0.25) is 0 Å². The van der Waals surface area contributed by atoms with Crippen LogP contribution in [0, 0.1) is 11.3 Å². The van der Waals surface area contributed by atoms with E-state index in [1.165, 1.54) is 7.11 Å². The lowest BCUT2D eigenvalue weighted by atomic mass is 9.85. The predicted octanol–water partition coefficient (Wildman–Crippen LogP) is 2.08. The summed E-state index contributed by atoms with van der Waals surface area (Å²) in [6.45, 7) is 2.52. The predicted molar refractivity (Wildman–Crippen MR) is 88.4 cm³/mol. The van der Waals surface area contributed by atoms with Crippen LogP contribution in [0.4, 0.5) is 0 Å². The van der Waals surface area contributed by atoms with E-state index in [9.17, 15) is 4.79 Å². The highest BCUT2D eigenvalue weighted by atomic mass is 16.7. The van der Waals surface area contributed by atoms with Gasteiger partial charge in [-0.3, -0.25) is 4.79 Å². The Hall–Kier alpha value is -2.39. The molecule has 0 aromatic heterocycles. The van der Waals surface area contributed by atoms with E-state index in [1.54, 1.807) is 12.1 Å². The highest BCUT2D eigenvalue weighted by Gasteiger charge is 2.42. The van der Waals surface area contributed by atoms with Crippen LogP contribution >= 0.6 is 0 Å². The van der Waals surface area contributed by atoms with Crippen molar-refractivity contribution in [3.63, 3.8) is 0 Å². The summed E-state index contributed by atoms with van der Waals surface area (Å²) in [6, 6.07) is 9.57. The van der Waals surface area contributed by atoms with Gasteiger partial charge < -0.3 is 14.5 Å². The summed E-state index contributed by atoms with van der Waals surface area (Å²) in [7, 11) is 1.42. The van der Waals surface area contributed by atoms with E-state index in [1.807, 2.05) is 12.1 Å². The molecule has 24 heavy (non-hydrogen) atoms. The zero-order valence-electron chi connectivity index (χ0n) is 13.8. The molecule has 1 fully saturated rings. The van der Waals surface area contributed by atoms with Gasteiger partial charge in [-0.05, 0) is 17.7 Å². The van der Waals surface area contributed by atoms with Crippen molar-refractivity contribution in [2.24, 2.45) is 5.16 Å². The van der Waals surface area contributed by atoms with Crippen molar-refractivity contribution >= 4 is 11.7 Å². The van der Waals surface area contributed by atoms with Crippen molar-refractivity contribution < 1.29 is 14.4 Å². The van der Waals surface area contributed by atoms with Crippen LogP contribution in [0.15, 0.2) is 29.4 Å². The average Bonchev–Trinajstić information content (AvgIpc) is 3.05. The third kappa shape index (κ3) is 3.57. The number of benzene rings is 1. The fourth-order valence-electron chi connectivity index (χ4n) is 3.22. The van der Waals surface area contributed by atoms with Gasteiger partial charge in [0.15, 0.2) is 0 Å². The first-order chi connectivity index (χ1) is 11.6. The van der Waals surface area contributed by atoms with Gasteiger partial charge in [0.05, 0.1) is 30.9 Å². The zero-order chi connectivity index (χ0) is 17.0. The molecule has 0 aliphatic carbocycles. The van der Waals surface area contributed by atoms with E-state index >= 15 is 0 Å². The fraction of sp³-hybridized carbons (Fsp3) is 0.500. The summed E-state index contributed by atoms with van der Waals surface area (Å²) < 4.78 is 4.69. The molecule has 1 saturated heterocycles. The molecule has 0 amide bonds. The number of hydrogen-bond acceptors (Lipinski definition) is 6. The van der Waals surface area contributed by atoms with Crippen LogP contribution in [0.25, 0.3) is 0 Å². The van der Waals surface area contributed by atoms with Gasteiger partial charge in [-0.25, -0.2) is 0 Å². The first-order valence-corrected chi connectivity index (χ1v) is 8.19. The number of piperidine rings is 1. The number of hydrogen-bond donors (Lipinski definition) is 0. The van der Waals surface area contributed by atoms with Crippen LogP contribution in [0.2, 0.25) is 0 Å². The van der Waals surface area contributed by atoms with E-state index in [0.29, 0.717) is 12.0 Å². The molecule has 1 aromatic rings. The number of likely N-dealkylation sites (tertiary alicyclic amines) is 1. The minimum atomic E-state index is -0.217. The third-order valence-corrected chi connectivity index (χ3v) is 4.81. The standard InChI is InChI=1S/C18H21N3O3/c1-23-17(22)6-9-21-10-7-18(8-11-21)12-16(20-24-18)15-4-2-14(13-19)3-5-15/h2-5H,6-12H2,1H3. The van der Waals surface area contributed by atoms with Gasteiger partial charge in [0.1, 0.15) is 5.60 Å². The van der Waals surface area contributed by atoms with Crippen LogP contribution in [0.3, 0.4) is 0 Å². The van der Waals surface area contributed by atoms with E-state index in [4.69, 9.17) is 10.1 Å². The van der Waals surface area contributed by atoms with Crippen LogP contribution in [0.1, 0.15) is 36.8 Å². The summed E-state index contributed by atoms with van der Waals surface area (Å²) in [5, 5.41) is 13.2. The summed E-state index contributed by atoms with van der Waals surface area (Å²) in [4.78, 5) is 19.3. The molecule has 1 spiro atoms. The van der Waals surface area contributed by atoms with Crippen LogP contribution in [0.5, 0.6) is 0 Å². The number of methoxy groups -OCH3 is 1. The second-order valence-electron chi connectivity index (χ2n) is 6.35. The number of esters is 1. The van der Waals surface area contributed by atoms with Crippen LogP contribution < -0.4 is 0 Å². The Kier molecular flexibility index (Phi) is 4.81. The molecular weight excluding hydrogens is 306 g/mol. The Bertz CT molecular complexity index is 668. The largest absolute Gasteiger partial charge is 0.469 e. The molecule has 6 heteroatoms. The second kappa shape index (κ2) is 7.02. The third-order valence-electron chi connectivity index (χ3n) is 4.81. The lowest BCUT2D eigenvalue weighted by molar-refractivity contribution is -0.141. The van der Waals surface area contributed by atoms with E-state index in [2.05, 4.69) is 20.9 Å². The van der Waals surface area contributed by atoms with Crippen molar-refractivity contribution in [3.8, 4) is 6.07 Å².